The molecule has 0 atom stereocenters. The SMILES string of the molecule is Cc1ccc(SCC(=O)Nc2cccc(-c3csc(C)n3)c2)cc1. The normalized spacial score (nSPS) is 10.6. The molecule has 1 N–H and O–H groups in total. The third-order valence-corrected chi connectivity index (χ3v) is 5.24. The van der Waals surface area contributed by atoms with E-state index in [9.17, 15) is 4.79 Å². The van der Waals surface area contributed by atoms with Gasteiger partial charge in [-0.3, -0.25) is 4.79 Å². The molecular formula is C19H18N2OS2. The van der Waals surface area contributed by atoms with Gasteiger partial charge >= 0.3 is 0 Å². The quantitative estimate of drug-likeness (QED) is 0.644. The molecule has 0 aliphatic carbocycles. The number of aryl methyl sites for hydroxylation is 2. The lowest BCUT2D eigenvalue weighted by Gasteiger charge is -2.07. The van der Waals surface area contributed by atoms with Gasteiger partial charge in [-0.2, -0.15) is 0 Å². The third kappa shape index (κ3) is 4.46. The average molecular weight is 355 g/mol. The zero-order chi connectivity index (χ0) is 16.9. The number of amides is 1. The van der Waals surface area contributed by atoms with Crippen molar-refractivity contribution in [3.63, 3.8) is 0 Å². The molecule has 3 rings (SSSR count). The van der Waals surface area contributed by atoms with Gasteiger partial charge in [0.2, 0.25) is 5.91 Å². The van der Waals surface area contributed by atoms with Gasteiger partial charge in [-0.05, 0) is 38.1 Å². The maximum Gasteiger partial charge on any atom is 0.234 e. The second-order valence-corrected chi connectivity index (χ2v) is 7.59. The number of aromatic nitrogens is 1. The highest BCUT2D eigenvalue weighted by molar-refractivity contribution is 8.00. The Labute approximate surface area is 150 Å². The molecule has 0 spiro atoms. The van der Waals surface area contributed by atoms with Gasteiger partial charge < -0.3 is 5.32 Å². The van der Waals surface area contributed by atoms with Gasteiger partial charge in [-0.15, -0.1) is 23.1 Å². The van der Waals surface area contributed by atoms with Crippen molar-refractivity contribution in [1.82, 2.24) is 4.98 Å². The highest BCUT2D eigenvalue weighted by Crippen LogP contribution is 2.24. The number of hydrogen-bond donors (Lipinski definition) is 1. The van der Waals surface area contributed by atoms with Gasteiger partial charge in [0.15, 0.2) is 0 Å². The zero-order valence-corrected chi connectivity index (χ0v) is 15.2. The first-order valence-corrected chi connectivity index (χ1v) is 9.48. The van der Waals surface area contributed by atoms with E-state index in [0.717, 1.165) is 26.8 Å². The monoisotopic (exact) mass is 354 g/mol. The summed E-state index contributed by atoms with van der Waals surface area (Å²) in [4.78, 5) is 17.7. The van der Waals surface area contributed by atoms with Crippen LogP contribution in [0.15, 0.2) is 58.8 Å². The number of thioether (sulfide) groups is 1. The van der Waals surface area contributed by atoms with Gasteiger partial charge in [0.25, 0.3) is 0 Å². The molecule has 1 heterocycles. The van der Waals surface area contributed by atoms with Gasteiger partial charge in [0, 0.05) is 21.5 Å². The first kappa shape index (κ1) is 16.7. The maximum absolute atomic E-state index is 12.2. The Morgan fingerprint density at radius 2 is 1.96 bits per heavy atom. The van der Waals surface area contributed by atoms with E-state index in [-0.39, 0.29) is 5.91 Å². The molecule has 0 aliphatic heterocycles. The van der Waals surface area contributed by atoms with Crippen molar-refractivity contribution < 1.29 is 4.79 Å². The average Bonchev–Trinajstić information content (AvgIpc) is 3.01. The van der Waals surface area contributed by atoms with Crippen LogP contribution in [0.1, 0.15) is 10.6 Å². The van der Waals surface area contributed by atoms with Crippen molar-refractivity contribution in [2.75, 3.05) is 11.1 Å². The predicted molar refractivity (Wildman–Crippen MR) is 103 cm³/mol. The molecule has 0 fully saturated rings. The number of hydrogen-bond acceptors (Lipinski definition) is 4. The van der Waals surface area contributed by atoms with Gasteiger partial charge in [-0.25, -0.2) is 4.98 Å². The Kier molecular flexibility index (Phi) is 5.33. The van der Waals surface area contributed by atoms with E-state index in [4.69, 9.17) is 0 Å². The molecule has 0 unspecified atom stereocenters. The van der Waals surface area contributed by atoms with Crippen LogP contribution in [0.25, 0.3) is 11.3 Å². The molecule has 122 valence electrons. The smallest absolute Gasteiger partial charge is 0.234 e. The second kappa shape index (κ2) is 7.64. The van der Waals surface area contributed by atoms with Crippen LogP contribution in [-0.2, 0) is 4.79 Å². The lowest BCUT2D eigenvalue weighted by Crippen LogP contribution is -2.13. The zero-order valence-electron chi connectivity index (χ0n) is 13.6. The van der Waals surface area contributed by atoms with Crippen LogP contribution in [0.3, 0.4) is 0 Å². The van der Waals surface area contributed by atoms with Crippen molar-refractivity contribution in [3.8, 4) is 11.3 Å². The summed E-state index contributed by atoms with van der Waals surface area (Å²) in [5.74, 6) is 0.385. The summed E-state index contributed by atoms with van der Waals surface area (Å²) in [5.41, 5.74) is 3.98. The van der Waals surface area contributed by atoms with E-state index in [1.165, 1.54) is 17.3 Å². The molecule has 5 heteroatoms. The molecule has 24 heavy (non-hydrogen) atoms. The number of benzene rings is 2. The summed E-state index contributed by atoms with van der Waals surface area (Å²) < 4.78 is 0. The Balaban J connectivity index is 1.61. The number of nitrogens with one attached hydrogen (secondary N) is 1. The van der Waals surface area contributed by atoms with E-state index in [0.29, 0.717) is 5.75 Å². The number of thiazole rings is 1. The molecule has 0 saturated heterocycles. The van der Waals surface area contributed by atoms with E-state index in [2.05, 4.69) is 29.4 Å². The van der Waals surface area contributed by atoms with E-state index < -0.39 is 0 Å². The van der Waals surface area contributed by atoms with E-state index in [1.54, 1.807) is 11.3 Å². The Hall–Kier alpha value is -2.11. The lowest BCUT2D eigenvalue weighted by molar-refractivity contribution is -0.113. The highest BCUT2D eigenvalue weighted by atomic mass is 32.2. The van der Waals surface area contributed by atoms with Crippen molar-refractivity contribution in [3.05, 3.63) is 64.5 Å². The van der Waals surface area contributed by atoms with E-state index >= 15 is 0 Å². The minimum absolute atomic E-state index is 0.00724. The van der Waals surface area contributed by atoms with Crippen LogP contribution in [0, 0.1) is 13.8 Å². The summed E-state index contributed by atoms with van der Waals surface area (Å²) in [6.07, 6.45) is 0. The fraction of sp³-hybridized carbons (Fsp3) is 0.158. The molecular weight excluding hydrogens is 336 g/mol. The number of anilines is 1. The summed E-state index contributed by atoms with van der Waals surface area (Å²) in [6, 6.07) is 16.0. The van der Waals surface area contributed by atoms with Crippen molar-refractivity contribution in [1.29, 1.82) is 0 Å². The summed E-state index contributed by atoms with van der Waals surface area (Å²) in [5, 5.41) is 6.02. The molecule has 1 aromatic heterocycles. The number of carbonyl (C=O) groups is 1. The molecule has 3 nitrogen and oxygen atoms in total. The van der Waals surface area contributed by atoms with Gasteiger partial charge in [-0.1, -0.05) is 29.8 Å². The molecule has 0 radical (unpaired) electrons. The van der Waals surface area contributed by atoms with E-state index in [1.807, 2.05) is 48.7 Å². The largest absolute Gasteiger partial charge is 0.325 e. The second-order valence-electron chi connectivity index (χ2n) is 5.48. The van der Waals surface area contributed by atoms with Crippen molar-refractivity contribution >= 4 is 34.7 Å². The summed E-state index contributed by atoms with van der Waals surface area (Å²) in [7, 11) is 0. The minimum Gasteiger partial charge on any atom is -0.325 e. The van der Waals surface area contributed by atoms with Crippen LogP contribution in [0.5, 0.6) is 0 Å². The first-order chi connectivity index (χ1) is 11.6. The Bertz CT molecular complexity index is 841. The maximum atomic E-state index is 12.2. The van der Waals surface area contributed by atoms with Crippen LogP contribution < -0.4 is 5.32 Å². The Morgan fingerprint density at radius 3 is 2.67 bits per heavy atom. The number of carbonyl (C=O) groups excluding carboxylic acids is 1. The van der Waals surface area contributed by atoms with Gasteiger partial charge in [0.05, 0.1) is 16.5 Å². The van der Waals surface area contributed by atoms with Crippen LogP contribution in [0.2, 0.25) is 0 Å². The van der Waals surface area contributed by atoms with Crippen LogP contribution in [0.4, 0.5) is 5.69 Å². The van der Waals surface area contributed by atoms with Crippen molar-refractivity contribution in [2.45, 2.75) is 18.7 Å². The standard InChI is InChI=1S/C19H18N2OS2/c1-13-6-8-17(9-7-13)24-12-19(22)21-16-5-3-4-15(10-16)18-11-23-14(2)20-18/h3-11H,12H2,1-2H3,(H,21,22). The number of nitrogens with zero attached hydrogens (tertiary/aromatic N) is 1. The Morgan fingerprint density at radius 1 is 1.17 bits per heavy atom. The fourth-order valence-electron chi connectivity index (χ4n) is 2.23. The predicted octanol–water partition coefficient (Wildman–Crippen LogP) is 5.16. The minimum atomic E-state index is -0.00724. The van der Waals surface area contributed by atoms with Crippen molar-refractivity contribution in [2.24, 2.45) is 0 Å². The third-order valence-electron chi connectivity index (χ3n) is 3.45. The molecule has 0 saturated carbocycles. The highest BCUT2D eigenvalue weighted by Gasteiger charge is 2.06. The fourth-order valence-corrected chi connectivity index (χ4v) is 3.55. The molecule has 0 bridgehead atoms. The topological polar surface area (TPSA) is 42.0 Å². The molecule has 1 amide bonds. The van der Waals surface area contributed by atoms with Crippen LogP contribution in [-0.4, -0.2) is 16.6 Å². The summed E-state index contributed by atoms with van der Waals surface area (Å²) in [6.45, 7) is 4.04. The molecule has 0 aliphatic rings. The van der Waals surface area contributed by atoms with Crippen LogP contribution >= 0.6 is 23.1 Å². The molecule has 3 aromatic rings. The lowest BCUT2D eigenvalue weighted by atomic mass is 10.1. The first-order valence-electron chi connectivity index (χ1n) is 7.62. The molecule has 2 aromatic carbocycles. The van der Waals surface area contributed by atoms with Gasteiger partial charge in [0.1, 0.15) is 0 Å². The number of rotatable bonds is 5. The summed E-state index contributed by atoms with van der Waals surface area (Å²) >= 11 is 3.16.